The molecule has 1 heteroatoms. The number of hydrogen-bond donors (Lipinski definition) is 1. The molecule has 7 unspecified atom stereocenters. The van der Waals surface area contributed by atoms with E-state index in [4.69, 9.17) is 0 Å². The molecule has 0 amide bonds. The minimum absolute atomic E-state index is 0.0624. The topological polar surface area (TPSA) is 20.2 Å². The van der Waals surface area contributed by atoms with Crippen LogP contribution in [0.4, 0.5) is 0 Å². The molecule has 1 N–H and O–H groups in total. The number of allylic oxidation sites excluding steroid dienone is 1. The normalized spacial score (nSPS) is 43.4. The molecule has 0 aromatic heterocycles. The van der Waals surface area contributed by atoms with Crippen molar-refractivity contribution >= 4 is 0 Å². The van der Waals surface area contributed by atoms with Crippen molar-refractivity contribution in [1.29, 1.82) is 0 Å². The molecule has 1 nitrogen and oxygen atoms in total. The van der Waals surface area contributed by atoms with Gasteiger partial charge in [0.05, 0.1) is 6.10 Å². The molecular formula is C25H46O. The van der Waals surface area contributed by atoms with Crippen LogP contribution >= 0.6 is 0 Å². The van der Waals surface area contributed by atoms with Gasteiger partial charge in [-0.3, -0.25) is 0 Å². The minimum atomic E-state index is -0.0624. The molecule has 26 heavy (non-hydrogen) atoms. The van der Waals surface area contributed by atoms with E-state index in [0.717, 1.165) is 42.4 Å². The number of hydrogen-bond acceptors (Lipinski definition) is 1. The fraction of sp³-hybridized carbons (Fsp3) is 0.920. The number of aliphatic hydroxyl groups is 1. The summed E-state index contributed by atoms with van der Waals surface area (Å²) in [6, 6.07) is 0. The summed E-state index contributed by atoms with van der Waals surface area (Å²) in [4.78, 5) is 0. The lowest BCUT2D eigenvalue weighted by Crippen LogP contribution is -2.47. The lowest BCUT2D eigenvalue weighted by Gasteiger charge is -2.55. The molecule has 4 rings (SSSR count). The van der Waals surface area contributed by atoms with E-state index in [1.54, 1.807) is 5.57 Å². The SMILES string of the molecule is CC.CC.CCCC1CCC2C1CCC1C2CC=C2CC(O)CCC21C. The molecule has 4 aliphatic rings. The third-order valence-corrected chi connectivity index (χ3v) is 8.20. The minimum Gasteiger partial charge on any atom is -0.393 e. The Hall–Kier alpha value is -0.300. The number of fused-ring (bicyclic) bond motifs is 5. The number of rotatable bonds is 2. The Balaban J connectivity index is 0.000000570. The molecule has 7 atom stereocenters. The zero-order valence-electron chi connectivity index (χ0n) is 18.6. The van der Waals surface area contributed by atoms with E-state index in [1.807, 2.05) is 27.7 Å². The molecule has 3 saturated carbocycles. The summed E-state index contributed by atoms with van der Waals surface area (Å²) >= 11 is 0. The van der Waals surface area contributed by atoms with Gasteiger partial charge in [0.1, 0.15) is 0 Å². The van der Waals surface area contributed by atoms with Gasteiger partial charge in [-0.05, 0) is 86.4 Å². The molecule has 0 spiro atoms. The molecular weight excluding hydrogens is 316 g/mol. The highest BCUT2D eigenvalue weighted by molar-refractivity contribution is 5.24. The first-order valence-electron chi connectivity index (χ1n) is 12.0. The summed E-state index contributed by atoms with van der Waals surface area (Å²) in [6.45, 7) is 12.9. The zero-order chi connectivity index (χ0) is 19.3. The predicted octanol–water partition coefficient (Wildman–Crippen LogP) is 7.39. The molecule has 0 aromatic rings. The van der Waals surface area contributed by atoms with Crippen LogP contribution in [0.25, 0.3) is 0 Å². The summed E-state index contributed by atoms with van der Waals surface area (Å²) in [5, 5.41) is 10.1. The second-order valence-corrected chi connectivity index (χ2v) is 9.08. The Bertz CT molecular complexity index is 453. The van der Waals surface area contributed by atoms with Crippen molar-refractivity contribution in [2.75, 3.05) is 0 Å². The third kappa shape index (κ3) is 3.94. The van der Waals surface area contributed by atoms with Gasteiger partial charge in [-0.2, -0.15) is 0 Å². The van der Waals surface area contributed by atoms with Gasteiger partial charge in [0.15, 0.2) is 0 Å². The Morgan fingerprint density at radius 2 is 1.65 bits per heavy atom. The van der Waals surface area contributed by atoms with Crippen LogP contribution in [0.3, 0.4) is 0 Å². The molecule has 4 aliphatic carbocycles. The highest BCUT2D eigenvalue weighted by atomic mass is 16.3. The van der Waals surface area contributed by atoms with Crippen LogP contribution < -0.4 is 0 Å². The van der Waals surface area contributed by atoms with Crippen LogP contribution in [0.2, 0.25) is 0 Å². The van der Waals surface area contributed by atoms with Crippen molar-refractivity contribution in [2.24, 2.45) is 35.0 Å². The van der Waals surface area contributed by atoms with Gasteiger partial charge in [0.25, 0.3) is 0 Å². The maximum atomic E-state index is 10.1. The van der Waals surface area contributed by atoms with Crippen molar-refractivity contribution < 1.29 is 5.11 Å². The van der Waals surface area contributed by atoms with E-state index in [9.17, 15) is 5.11 Å². The van der Waals surface area contributed by atoms with Gasteiger partial charge in [-0.1, -0.05) is 66.0 Å². The smallest absolute Gasteiger partial charge is 0.0577 e. The van der Waals surface area contributed by atoms with Crippen LogP contribution in [0.1, 0.15) is 106 Å². The van der Waals surface area contributed by atoms with Gasteiger partial charge < -0.3 is 5.11 Å². The largest absolute Gasteiger partial charge is 0.393 e. The summed E-state index contributed by atoms with van der Waals surface area (Å²) in [5.74, 6) is 5.00. The van der Waals surface area contributed by atoms with Crippen LogP contribution in [-0.4, -0.2) is 11.2 Å². The quantitative estimate of drug-likeness (QED) is 0.508. The average molecular weight is 363 g/mol. The van der Waals surface area contributed by atoms with Gasteiger partial charge in [0.2, 0.25) is 0 Å². The average Bonchev–Trinajstić information content (AvgIpc) is 3.09. The molecule has 0 heterocycles. The van der Waals surface area contributed by atoms with E-state index in [1.165, 1.54) is 51.4 Å². The Morgan fingerprint density at radius 1 is 0.962 bits per heavy atom. The fourth-order valence-electron chi connectivity index (χ4n) is 7.14. The van der Waals surface area contributed by atoms with E-state index in [0.29, 0.717) is 5.41 Å². The predicted molar refractivity (Wildman–Crippen MR) is 114 cm³/mol. The second-order valence-electron chi connectivity index (χ2n) is 9.08. The monoisotopic (exact) mass is 362 g/mol. The highest BCUT2D eigenvalue weighted by Gasteiger charge is 2.53. The highest BCUT2D eigenvalue weighted by Crippen LogP contribution is 2.62. The van der Waals surface area contributed by atoms with Crippen LogP contribution in [0, 0.1) is 35.0 Å². The van der Waals surface area contributed by atoms with Crippen LogP contribution in [0.15, 0.2) is 11.6 Å². The van der Waals surface area contributed by atoms with Crippen molar-refractivity contribution in [3.63, 3.8) is 0 Å². The molecule has 152 valence electrons. The fourth-order valence-corrected chi connectivity index (χ4v) is 7.14. The second kappa shape index (κ2) is 9.76. The Labute approximate surface area is 164 Å². The van der Waals surface area contributed by atoms with Crippen LogP contribution in [-0.2, 0) is 0 Å². The standard InChI is InChI=1S/C21H34O.2C2H6/c1-3-4-14-5-7-18-17(14)9-10-20-19(18)8-6-15-13-16(22)11-12-21(15,20)2;2*1-2/h6,14,16-20,22H,3-5,7-13H2,1-2H3;2*1-2H3. The Morgan fingerprint density at radius 3 is 2.35 bits per heavy atom. The molecule has 0 aromatic carbocycles. The van der Waals surface area contributed by atoms with Crippen molar-refractivity contribution in [3.05, 3.63) is 11.6 Å². The van der Waals surface area contributed by atoms with Crippen LogP contribution in [0.5, 0.6) is 0 Å². The van der Waals surface area contributed by atoms with Crippen molar-refractivity contribution in [2.45, 2.75) is 112 Å². The first-order chi connectivity index (χ1) is 12.6. The molecule has 3 fully saturated rings. The van der Waals surface area contributed by atoms with E-state index in [2.05, 4.69) is 19.9 Å². The van der Waals surface area contributed by atoms with Gasteiger partial charge in [0, 0.05) is 0 Å². The van der Waals surface area contributed by atoms with Crippen molar-refractivity contribution in [1.82, 2.24) is 0 Å². The zero-order valence-corrected chi connectivity index (χ0v) is 18.6. The molecule has 0 bridgehead atoms. The lowest BCUT2D eigenvalue weighted by molar-refractivity contribution is -0.0119. The Kier molecular flexibility index (Phi) is 8.26. The van der Waals surface area contributed by atoms with E-state index in [-0.39, 0.29) is 6.10 Å². The summed E-state index contributed by atoms with van der Waals surface area (Å²) in [5.41, 5.74) is 2.05. The lowest BCUT2D eigenvalue weighted by atomic mass is 9.50. The van der Waals surface area contributed by atoms with E-state index >= 15 is 0 Å². The third-order valence-electron chi connectivity index (χ3n) is 8.20. The molecule has 0 radical (unpaired) electrons. The molecule has 0 aliphatic heterocycles. The maximum absolute atomic E-state index is 10.1. The van der Waals surface area contributed by atoms with E-state index < -0.39 is 0 Å². The summed E-state index contributed by atoms with van der Waals surface area (Å²) in [7, 11) is 0. The number of aliphatic hydroxyl groups excluding tert-OH is 1. The summed E-state index contributed by atoms with van der Waals surface area (Å²) < 4.78 is 0. The van der Waals surface area contributed by atoms with Gasteiger partial charge in [-0.25, -0.2) is 0 Å². The molecule has 0 saturated heterocycles. The van der Waals surface area contributed by atoms with Gasteiger partial charge >= 0.3 is 0 Å². The van der Waals surface area contributed by atoms with Gasteiger partial charge in [-0.15, -0.1) is 0 Å². The van der Waals surface area contributed by atoms with Crippen molar-refractivity contribution in [3.8, 4) is 0 Å². The maximum Gasteiger partial charge on any atom is 0.0577 e. The first-order valence-corrected chi connectivity index (χ1v) is 12.0. The first kappa shape index (κ1) is 22.0. The summed E-state index contributed by atoms with van der Waals surface area (Å²) in [6.07, 6.45) is 15.9.